The molecule has 0 aliphatic carbocycles. The highest BCUT2D eigenvalue weighted by atomic mass is 19.1. The monoisotopic (exact) mass is 627 g/mol. The molecule has 3 heterocycles. The first-order valence-electron chi connectivity index (χ1n) is 16.1. The third kappa shape index (κ3) is 8.59. The molecule has 2 aliphatic heterocycles. The van der Waals surface area contributed by atoms with Crippen LogP contribution < -0.4 is 15.0 Å². The molecule has 2 amide bonds. The molecular weight excluding hydrogens is 577 g/mol. The number of benzene rings is 1. The van der Waals surface area contributed by atoms with Crippen molar-refractivity contribution in [1.29, 1.82) is 0 Å². The summed E-state index contributed by atoms with van der Waals surface area (Å²) < 4.78 is 25.8. The average molecular weight is 628 g/mol. The quantitative estimate of drug-likeness (QED) is 0.304. The van der Waals surface area contributed by atoms with Crippen molar-refractivity contribution < 1.29 is 23.5 Å². The Hall–Kier alpha value is -3.54. The minimum atomic E-state index is -0.516. The molecule has 0 saturated carbocycles. The summed E-state index contributed by atoms with van der Waals surface area (Å²) in [5, 5.41) is 11.1. The van der Waals surface area contributed by atoms with Gasteiger partial charge in [-0.25, -0.2) is 14.2 Å². The van der Waals surface area contributed by atoms with Gasteiger partial charge >= 0.3 is 6.09 Å². The normalized spacial score (nSPS) is 17.0. The van der Waals surface area contributed by atoms with Crippen LogP contribution in [0, 0.1) is 17.2 Å². The highest BCUT2D eigenvalue weighted by molar-refractivity contribution is 5.97. The van der Waals surface area contributed by atoms with Gasteiger partial charge in [-0.3, -0.25) is 9.69 Å². The summed E-state index contributed by atoms with van der Waals surface area (Å²) in [6, 6.07) is 4.30. The van der Waals surface area contributed by atoms with E-state index in [0.29, 0.717) is 30.9 Å². The van der Waals surface area contributed by atoms with E-state index in [2.05, 4.69) is 44.1 Å². The maximum atomic E-state index is 14.3. The molecule has 0 bridgehead atoms. The van der Waals surface area contributed by atoms with Crippen molar-refractivity contribution in [3.63, 3.8) is 0 Å². The zero-order valence-corrected chi connectivity index (χ0v) is 28.1. The second-order valence-electron chi connectivity index (χ2n) is 14.0. The minimum absolute atomic E-state index is 0.0561. The van der Waals surface area contributed by atoms with E-state index >= 15 is 0 Å². The summed E-state index contributed by atoms with van der Waals surface area (Å²) in [7, 11) is 0. The fraction of sp³-hybridized carbons (Fsp3) is 0.667. The third-order valence-corrected chi connectivity index (χ3v) is 8.57. The molecule has 1 spiro atoms. The molecule has 11 nitrogen and oxygen atoms in total. The first kappa shape index (κ1) is 34.3. The minimum Gasteiger partial charge on any atom is -0.444 e. The van der Waals surface area contributed by atoms with Crippen molar-refractivity contribution in [2.45, 2.75) is 92.3 Å². The van der Waals surface area contributed by atoms with E-state index < -0.39 is 11.4 Å². The molecule has 2 aliphatic rings. The summed E-state index contributed by atoms with van der Waals surface area (Å²) in [6.07, 6.45) is 3.91. The van der Waals surface area contributed by atoms with Crippen LogP contribution in [0.4, 0.5) is 15.0 Å². The van der Waals surface area contributed by atoms with Gasteiger partial charge in [0.25, 0.3) is 11.8 Å². The van der Waals surface area contributed by atoms with E-state index in [4.69, 9.17) is 9.47 Å². The van der Waals surface area contributed by atoms with Crippen LogP contribution in [0.15, 0.2) is 24.5 Å². The van der Waals surface area contributed by atoms with E-state index in [-0.39, 0.29) is 40.7 Å². The number of carbonyl (C=O) groups is 2. The predicted octanol–water partition coefficient (Wildman–Crippen LogP) is 5.52. The first-order valence-corrected chi connectivity index (χ1v) is 16.1. The van der Waals surface area contributed by atoms with Gasteiger partial charge in [0, 0.05) is 56.8 Å². The van der Waals surface area contributed by atoms with Crippen LogP contribution in [-0.2, 0) is 4.74 Å². The summed E-state index contributed by atoms with van der Waals surface area (Å²) in [5.74, 6) is 0.631. The molecule has 1 N–H and O–H groups in total. The molecule has 1 aromatic heterocycles. The van der Waals surface area contributed by atoms with Crippen LogP contribution in [-0.4, -0.2) is 93.9 Å². The molecule has 1 unspecified atom stereocenters. The Kier molecular flexibility index (Phi) is 10.9. The van der Waals surface area contributed by atoms with E-state index in [0.717, 1.165) is 45.4 Å². The molecule has 2 saturated heterocycles. The zero-order valence-electron chi connectivity index (χ0n) is 28.1. The lowest BCUT2D eigenvalue weighted by molar-refractivity contribution is -0.0339. The molecule has 0 radical (unpaired) electrons. The van der Waals surface area contributed by atoms with Crippen LogP contribution in [0.25, 0.3) is 0 Å². The van der Waals surface area contributed by atoms with E-state index in [1.807, 2.05) is 41.5 Å². The molecule has 4 rings (SSSR count). The highest BCUT2D eigenvalue weighted by Crippen LogP contribution is 2.44. The van der Waals surface area contributed by atoms with Crippen LogP contribution in [0.3, 0.4) is 0 Å². The van der Waals surface area contributed by atoms with Crippen molar-refractivity contribution in [2.75, 3.05) is 44.2 Å². The van der Waals surface area contributed by atoms with Crippen molar-refractivity contribution in [3.8, 4) is 11.6 Å². The van der Waals surface area contributed by atoms with Gasteiger partial charge in [-0.2, -0.15) is 0 Å². The smallest absolute Gasteiger partial charge is 0.407 e. The standard InChI is InChI=1S/C33H50FN7O4/c1-9-41(23(4)5)30(42)25-17-24(34)12-13-27(25)44-29-28(36-21-37-38-29)39-16-14-33(18-39)19-40(20-33)26(22(2)3)11-10-15-35-31(43)45-32(6,7)8/h12-13,17,21-23,26H,9-11,14-16,18-20H2,1-8H3,(H,35,43). The molecule has 248 valence electrons. The molecule has 2 fully saturated rings. The van der Waals surface area contributed by atoms with Crippen molar-refractivity contribution in [1.82, 2.24) is 30.3 Å². The summed E-state index contributed by atoms with van der Waals surface area (Å²) >= 11 is 0. The number of hydrogen-bond acceptors (Lipinski definition) is 9. The van der Waals surface area contributed by atoms with E-state index in [1.165, 1.54) is 24.5 Å². The Bertz CT molecular complexity index is 1330. The van der Waals surface area contributed by atoms with Crippen molar-refractivity contribution >= 4 is 17.8 Å². The second-order valence-corrected chi connectivity index (χ2v) is 14.0. The number of aromatic nitrogens is 3. The van der Waals surface area contributed by atoms with Gasteiger partial charge in [0.2, 0.25) is 0 Å². The Balaban J connectivity index is 1.39. The molecule has 45 heavy (non-hydrogen) atoms. The molecular formula is C33H50FN7O4. The van der Waals surface area contributed by atoms with Crippen LogP contribution in [0.1, 0.15) is 85.0 Å². The third-order valence-electron chi connectivity index (χ3n) is 8.57. The largest absolute Gasteiger partial charge is 0.444 e. The number of carbonyl (C=O) groups excluding carboxylic acids is 2. The SMILES string of the molecule is CCN(C(=O)c1cc(F)ccc1Oc1nncnc1N1CCC2(C1)CN(C(CCCNC(=O)OC(C)(C)C)C(C)C)C2)C(C)C. The lowest BCUT2D eigenvalue weighted by Gasteiger charge is -2.53. The van der Waals surface area contributed by atoms with E-state index in [9.17, 15) is 14.0 Å². The van der Waals surface area contributed by atoms with Crippen molar-refractivity contribution in [3.05, 3.63) is 35.9 Å². The number of hydrogen-bond donors (Lipinski definition) is 1. The zero-order chi connectivity index (χ0) is 32.9. The Morgan fingerprint density at radius 3 is 2.53 bits per heavy atom. The van der Waals surface area contributed by atoms with Gasteiger partial charge in [0.1, 0.15) is 23.5 Å². The fourth-order valence-corrected chi connectivity index (χ4v) is 6.48. The lowest BCUT2D eigenvalue weighted by Crippen LogP contribution is -2.62. The topological polar surface area (TPSA) is 113 Å². The highest BCUT2D eigenvalue weighted by Gasteiger charge is 2.50. The number of anilines is 1. The Morgan fingerprint density at radius 1 is 1.16 bits per heavy atom. The number of nitrogens with zero attached hydrogens (tertiary/aromatic N) is 6. The number of halogens is 1. The number of rotatable bonds is 12. The average Bonchev–Trinajstić information content (AvgIpc) is 3.38. The van der Waals surface area contributed by atoms with Gasteiger partial charge in [0.05, 0.1) is 5.56 Å². The molecule has 1 atom stereocenters. The van der Waals surface area contributed by atoms with Gasteiger partial charge in [0.15, 0.2) is 5.82 Å². The van der Waals surface area contributed by atoms with Crippen LogP contribution in [0.2, 0.25) is 0 Å². The maximum absolute atomic E-state index is 14.3. The number of alkyl carbamates (subject to hydrolysis) is 1. The van der Waals surface area contributed by atoms with Gasteiger partial charge < -0.3 is 24.6 Å². The number of nitrogens with one attached hydrogen (secondary N) is 1. The van der Waals surface area contributed by atoms with Gasteiger partial charge in [-0.05, 0) is 84.9 Å². The fourth-order valence-electron chi connectivity index (χ4n) is 6.48. The van der Waals surface area contributed by atoms with Crippen LogP contribution >= 0.6 is 0 Å². The predicted molar refractivity (Wildman–Crippen MR) is 171 cm³/mol. The summed E-state index contributed by atoms with van der Waals surface area (Å²) in [6.45, 7) is 20.5. The summed E-state index contributed by atoms with van der Waals surface area (Å²) in [5.41, 5.74) is -0.233. The molecule has 2 aromatic rings. The number of ether oxygens (including phenoxy) is 2. The Morgan fingerprint density at radius 2 is 1.89 bits per heavy atom. The van der Waals surface area contributed by atoms with Gasteiger partial charge in [-0.1, -0.05) is 13.8 Å². The number of likely N-dealkylation sites (tertiary alicyclic amines) is 1. The molecule has 12 heteroatoms. The first-order chi connectivity index (χ1) is 21.2. The molecule has 1 aromatic carbocycles. The second kappa shape index (κ2) is 14.3. The number of amides is 2. The van der Waals surface area contributed by atoms with Gasteiger partial charge in [-0.15, -0.1) is 10.2 Å². The lowest BCUT2D eigenvalue weighted by atomic mass is 9.76. The summed E-state index contributed by atoms with van der Waals surface area (Å²) in [4.78, 5) is 36.3. The Labute approximate surface area is 266 Å². The van der Waals surface area contributed by atoms with Crippen LogP contribution in [0.5, 0.6) is 11.6 Å². The van der Waals surface area contributed by atoms with E-state index in [1.54, 1.807) is 4.90 Å². The van der Waals surface area contributed by atoms with Crippen molar-refractivity contribution in [2.24, 2.45) is 11.3 Å². The maximum Gasteiger partial charge on any atom is 0.407 e.